The van der Waals surface area contributed by atoms with Crippen molar-refractivity contribution in [3.63, 3.8) is 0 Å². The zero-order chi connectivity index (χ0) is 25.9. The van der Waals surface area contributed by atoms with Crippen molar-refractivity contribution in [3.8, 4) is 0 Å². The predicted molar refractivity (Wildman–Crippen MR) is 143 cm³/mol. The predicted octanol–water partition coefficient (Wildman–Crippen LogP) is 6.15. The van der Waals surface area contributed by atoms with E-state index in [1.54, 1.807) is 12.1 Å². The van der Waals surface area contributed by atoms with Gasteiger partial charge in [0.05, 0.1) is 22.4 Å². The Morgan fingerprint density at radius 1 is 0.919 bits per heavy atom. The van der Waals surface area contributed by atoms with E-state index in [4.69, 9.17) is 0 Å². The van der Waals surface area contributed by atoms with E-state index in [1.807, 2.05) is 36.4 Å². The van der Waals surface area contributed by atoms with E-state index in [-0.39, 0.29) is 40.9 Å². The van der Waals surface area contributed by atoms with Crippen molar-refractivity contribution in [2.75, 3.05) is 16.8 Å². The molecular weight excluding hydrogens is 466 g/mol. The molecule has 0 unspecified atom stereocenters. The fourth-order valence-electron chi connectivity index (χ4n) is 5.85. The summed E-state index contributed by atoms with van der Waals surface area (Å²) >= 11 is 0. The number of carbonyl (C=O) groups excluding carboxylic acids is 2. The van der Waals surface area contributed by atoms with Crippen LogP contribution in [-0.2, 0) is 9.59 Å². The van der Waals surface area contributed by atoms with Crippen molar-refractivity contribution < 1.29 is 14.5 Å². The molecule has 2 amide bonds. The van der Waals surface area contributed by atoms with E-state index in [0.717, 1.165) is 12.8 Å². The van der Waals surface area contributed by atoms with Gasteiger partial charge in [-0.15, -0.1) is 0 Å². The van der Waals surface area contributed by atoms with Crippen molar-refractivity contribution in [2.24, 2.45) is 17.8 Å². The van der Waals surface area contributed by atoms with Crippen LogP contribution in [0.4, 0.5) is 17.1 Å². The minimum Gasteiger partial charge on any atom is -0.379 e. The van der Waals surface area contributed by atoms with Crippen LogP contribution < -0.4 is 10.2 Å². The molecule has 7 heteroatoms. The van der Waals surface area contributed by atoms with Gasteiger partial charge in [-0.2, -0.15) is 0 Å². The van der Waals surface area contributed by atoms with Gasteiger partial charge in [-0.05, 0) is 54.9 Å². The van der Waals surface area contributed by atoms with Gasteiger partial charge in [-0.25, -0.2) is 4.90 Å². The molecular formula is C30H31N3O4. The highest BCUT2D eigenvalue weighted by Crippen LogP contribution is 2.43. The average Bonchev–Trinajstić information content (AvgIpc) is 3.16. The van der Waals surface area contributed by atoms with Crippen LogP contribution in [0, 0.1) is 27.9 Å². The molecule has 2 aliphatic rings. The molecule has 5 rings (SSSR count). The van der Waals surface area contributed by atoms with Crippen molar-refractivity contribution >= 4 is 28.9 Å². The number of carbonyl (C=O) groups is 2. The lowest BCUT2D eigenvalue weighted by molar-refractivity contribution is -0.383. The largest absolute Gasteiger partial charge is 0.379 e. The summed E-state index contributed by atoms with van der Waals surface area (Å²) in [6.45, 7) is 2.61. The molecule has 3 aromatic rings. The molecule has 7 nitrogen and oxygen atoms in total. The lowest BCUT2D eigenvalue weighted by Gasteiger charge is -2.25. The number of hydrogen-bond donors (Lipinski definition) is 1. The summed E-state index contributed by atoms with van der Waals surface area (Å²) in [7, 11) is 0. The zero-order valence-electron chi connectivity index (χ0n) is 20.9. The summed E-state index contributed by atoms with van der Waals surface area (Å²) in [5.41, 5.74) is 2.88. The van der Waals surface area contributed by atoms with Gasteiger partial charge in [0, 0.05) is 18.5 Å². The van der Waals surface area contributed by atoms with Crippen LogP contribution in [0.2, 0.25) is 0 Å². The van der Waals surface area contributed by atoms with Crippen LogP contribution in [0.3, 0.4) is 0 Å². The Morgan fingerprint density at radius 3 is 2.16 bits per heavy atom. The number of hydrogen-bond acceptors (Lipinski definition) is 5. The van der Waals surface area contributed by atoms with Gasteiger partial charge in [0.1, 0.15) is 5.69 Å². The number of fused-ring (bicyclic) bond motifs is 1. The standard InChI is InChI=1S/C30H31N3O4/c1-20-12-14-25-26(18-20)30(35)32(29(25)34)23-13-15-27(28(19-23)33(36)37)31-17-16-24(21-8-4-2-5-9-21)22-10-6-3-7-11-22/h2-11,13,15,19-20,24-26,31H,12,14,16-18H2,1H3/t20-,25+,26-/m1/s1. The maximum atomic E-state index is 13.1. The maximum absolute atomic E-state index is 13.1. The van der Waals surface area contributed by atoms with E-state index in [2.05, 4.69) is 36.5 Å². The molecule has 0 aromatic heterocycles. The number of anilines is 2. The smallest absolute Gasteiger partial charge is 0.294 e. The van der Waals surface area contributed by atoms with Gasteiger partial charge in [0.25, 0.3) is 5.69 Å². The first-order chi connectivity index (χ1) is 17.9. The minimum absolute atomic E-state index is 0.138. The molecule has 1 aliphatic carbocycles. The van der Waals surface area contributed by atoms with E-state index >= 15 is 0 Å². The number of nitro benzene ring substituents is 1. The van der Waals surface area contributed by atoms with Gasteiger partial charge >= 0.3 is 0 Å². The molecule has 190 valence electrons. The summed E-state index contributed by atoms with van der Waals surface area (Å²) in [4.78, 5) is 38.8. The van der Waals surface area contributed by atoms with Crippen molar-refractivity contribution in [2.45, 2.75) is 38.5 Å². The van der Waals surface area contributed by atoms with Gasteiger partial charge < -0.3 is 5.32 Å². The topological polar surface area (TPSA) is 92.6 Å². The van der Waals surface area contributed by atoms with Crippen LogP contribution in [0.15, 0.2) is 78.9 Å². The second-order valence-corrected chi connectivity index (χ2v) is 10.2. The molecule has 3 atom stereocenters. The molecule has 0 bridgehead atoms. The number of nitro groups is 1. The fraction of sp³-hybridized carbons (Fsp3) is 0.333. The van der Waals surface area contributed by atoms with E-state index in [0.29, 0.717) is 31.0 Å². The van der Waals surface area contributed by atoms with Crippen LogP contribution in [0.25, 0.3) is 0 Å². The summed E-state index contributed by atoms with van der Waals surface area (Å²) in [6.07, 6.45) is 3.04. The maximum Gasteiger partial charge on any atom is 0.294 e. The average molecular weight is 498 g/mol. The molecule has 1 aliphatic heterocycles. The van der Waals surface area contributed by atoms with Crippen LogP contribution >= 0.6 is 0 Å². The van der Waals surface area contributed by atoms with Gasteiger partial charge in [-0.3, -0.25) is 19.7 Å². The Hall–Kier alpha value is -4.00. The number of nitrogens with zero attached hydrogens (tertiary/aromatic N) is 2. The van der Waals surface area contributed by atoms with Gasteiger partial charge in [-0.1, -0.05) is 67.6 Å². The lowest BCUT2D eigenvalue weighted by Crippen LogP contribution is -2.31. The van der Waals surface area contributed by atoms with Crippen molar-refractivity contribution in [3.05, 3.63) is 100 Å². The molecule has 2 fully saturated rings. The summed E-state index contributed by atoms with van der Waals surface area (Å²) < 4.78 is 0. The second-order valence-electron chi connectivity index (χ2n) is 10.2. The summed E-state index contributed by atoms with van der Waals surface area (Å²) in [6, 6.07) is 25.0. The van der Waals surface area contributed by atoms with Crippen LogP contribution in [-0.4, -0.2) is 23.3 Å². The van der Waals surface area contributed by atoms with Crippen molar-refractivity contribution in [1.29, 1.82) is 0 Å². The number of rotatable bonds is 8. The number of amides is 2. The van der Waals surface area contributed by atoms with E-state index < -0.39 is 4.92 Å². The molecule has 1 saturated carbocycles. The third kappa shape index (κ3) is 4.99. The SMILES string of the molecule is C[C@@H]1CC[C@@H]2C(=O)N(c3ccc(NCCC(c4ccccc4)c4ccccc4)c([N+](=O)[O-])c3)C(=O)[C@@H]2C1. The van der Waals surface area contributed by atoms with E-state index in [9.17, 15) is 19.7 Å². The van der Waals surface area contributed by atoms with E-state index in [1.165, 1.54) is 22.1 Å². The molecule has 1 heterocycles. The number of nitrogens with one attached hydrogen (secondary N) is 1. The highest BCUT2D eigenvalue weighted by Gasteiger charge is 2.50. The minimum atomic E-state index is -0.460. The van der Waals surface area contributed by atoms with Gasteiger partial charge in [0.15, 0.2) is 0 Å². The number of benzene rings is 3. The Morgan fingerprint density at radius 2 is 1.54 bits per heavy atom. The monoisotopic (exact) mass is 497 g/mol. The molecule has 3 aromatic carbocycles. The zero-order valence-corrected chi connectivity index (χ0v) is 20.9. The molecule has 0 radical (unpaired) electrons. The second kappa shape index (κ2) is 10.5. The molecule has 37 heavy (non-hydrogen) atoms. The Kier molecular flexibility index (Phi) is 7.04. The van der Waals surface area contributed by atoms with Crippen molar-refractivity contribution in [1.82, 2.24) is 0 Å². The third-order valence-electron chi connectivity index (χ3n) is 7.78. The Labute approximate surface area is 216 Å². The van der Waals surface area contributed by atoms with Crippen LogP contribution in [0.1, 0.15) is 49.7 Å². The Bertz CT molecular complexity index is 1260. The highest BCUT2D eigenvalue weighted by molar-refractivity contribution is 6.22. The molecule has 1 N–H and O–H groups in total. The van der Waals surface area contributed by atoms with Crippen LogP contribution in [0.5, 0.6) is 0 Å². The fourth-order valence-corrected chi connectivity index (χ4v) is 5.85. The number of imide groups is 1. The third-order valence-corrected chi connectivity index (χ3v) is 7.78. The first-order valence-corrected chi connectivity index (χ1v) is 12.9. The molecule has 0 spiro atoms. The summed E-state index contributed by atoms with van der Waals surface area (Å²) in [5.74, 6) is -0.557. The summed E-state index contributed by atoms with van der Waals surface area (Å²) in [5, 5.41) is 15.2. The first-order valence-electron chi connectivity index (χ1n) is 12.9. The first kappa shape index (κ1) is 24.7. The molecule has 1 saturated heterocycles. The van der Waals surface area contributed by atoms with Gasteiger partial charge in [0.2, 0.25) is 11.8 Å². The quantitative estimate of drug-likeness (QED) is 0.229. The lowest BCUT2D eigenvalue weighted by atomic mass is 9.76. The normalized spacial score (nSPS) is 21.2. The Balaban J connectivity index is 1.34. The highest BCUT2D eigenvalue weighted by atomic mass is 16.6.